The van der Waals surface area contributed by atoms with E-state index in [1.807, 2.05) is 46.0 Å². The third-order valence-corrected chi connectivity index (χ3v) is 5.08. The number of nitrogens with zero attached hydrogens (tertiary/aromatic N) is 3. The molecule has 0 spiro atoms. The van der Waals surface area contributed by atoms with Crippen LogP contribution in [0.3, 0.4) is 0 Å². The number of amides is 2. The van der Waals surface area contributed by atoms with Crippen molar-refractivity contribution in [3.05, 3.63) is 24.3 Å². The lowest BCUT2D eigenvalue weighted by Crippen LogP contribution is -2.52. The molecule has 1 saturated carbocycles. The van der Waals surface area contributed by atoms with Crippen LogP contribution in [-0.4, -0.2) is 86.5 Å². The van der Waals surface area contributed by atoms with Crippen LogP contribution in [0.15, 0.2) is 24.3 Å². The Morgan fingerprint density at radius 3 is 2.33 bits per heavy atom. The number of benzene rings is 1. The highest BCUT2D eigenvalue weighted by Crippen LogP contribution is 2.31. The molecular formula is C20H29N3O4. The Labute approximate surface area is 160 Å². The van der Waals surface area contributed by atoms with Crippen molar-refractivity contribution < 1.29 is 19.1 Å². The molecule has 3 rings (SSSR count). The van der Waals surface area contributed by atoms with Crippen molar-refractivity contribution in [3.63, 3.8) is 0 Å². The van der Waals surface area contributed by atoms with Crippen LogP contribution in [0.4, 0.5) is 0 Å². The van der Waals surface area contributed by atoms with E-state index in [0.717, 1.165) is 12.8 Å². The van der Waals surface area contributed by atoms with Gasteiger partial charge in [-0.3, -0.25) is 14.5 Å². The number of methoxy groups -OCH3 is 1. The molecule has 1 saturated heterocycles. The lowest BCUT2D eigenvalue weighted by Gasteiger charge is -2.35. The van der Waals surface area contributed by atoms with Crippen LogP contribution in [0.25, 0.3) is 0 Å². The quantitative estimate of drug-likeness (QED) is 0.681. The summed E-state index contributed by atoms with van der Waals surface area (Å²) in [4.78, 5) is 30.3. The third kappa shape index (κ3) is 5.35. The van der Waals surface area contributed by atoms with Gasteiger partial charge in [-0.1, -0.05) is 12.1 Å². The lowest BCUT2D eigenvalue weighted by molar-refractivity contribution is -0.140. The Bertz CT molecular complexity index is 654. The Kier molecular flexibility index (Phi) is 6.55. The summed E-state index contributed by atoms with van der Waals surface area (Å²) in [5, 5.41) is 0. The highest BCUT2D eigenvalue weighted by atomic mass is 16.5. The molecule has 0 unspecified atom stereocenters. The van der Waals surface area contributed by atoms with Gasteiger partial charge in [0.1, 0.15) is 6.61 Å². The van der Waals surface area contributed by atoms with Crippen LogP contribution in [0, 0.1) is 5.92 Å². The van der Waals surface area contributed by atoms with Crippen molar-refractivity contribution in [1.29, 1.82) is 0 Å². The van der Waals surface area contributed by atoms with Crippen LogP contribution in [-0.2, 0) is 9.59 Å². The van der Waals surface area contributed by atoms with E-state index in [-0.39, 0.29) is 17.7 Å². The van der Waals surface area contributed by atoms with E-state index in [4.69, 9.17) is 9.47 Å². The van der Waals surface area contributed by atoms with Crippen LogP contribution >= 0.6 is 0 Å². The van der Waals surface area contributed by atoms with E-state index in [1.54, 1.807) is 7.11 Å². The van der Waals surface area contributed by atoms with Gasteiger partial charge in [-0.15, -0.1) is 0 Å². The molecule has 1 aromatic rings. The summed E-state index contributed by atoms with van der Waals surface area (Å²) in [5.41, 5.74) is 0. The zero-order valence-electron chi connectivity index (χ0n) is 16.2. The average Bonchev–Trinajstić information content (AvgIpc) is 3.53. The van der Waals surface area contributed by atoms with Crippen molar-refractivity contribution in [2.75, 3.05) is 60.0 Å². The monoisotopic (exact) mass is 375 g/mol. The zero-order chi connectivity index (χ0) is 19.2. The van der Waals surface area contributed by atoms with Crippen molar-refractivity contribution in [1.82, 2.24) is 14.7 Å². The van der Waals surface area contributed by atoms with Crippen LogP contribution in [0.1, 0.15) is 12.8 Å². The number of carbonyl (C=O) groups excluding carboxylic acids is 2. The molecule has 0 N–H and O–H groups in total. The first-order chi connectivity index (χ1) is 13.1. The minimum atomic E-state index is 0.105. The SMILES string of the molecule is COc1ccccc1OCCN(C)CC(=O)N1CCN(C(=O)C2CC2)CC1. The summed E-state index contributed by atoms with van der Waals surface area (Å²) in [5.74, 6) is 2.04. The van der Waals surface area contributed by atoms with E-state index in [0.29, 0.717) is 57.4 Å². The number of likely N-dealkylation sites (N-methyl/N-ethyl adjacent to an activating group) is 1. The zero-order valence-corrected chi connectivity index (χ0v) is 16.2. The fraction of sp³-hybridized carbons (Fsp3) is 0.600. The predicted molar refractivity (Wildman–Crippen MR) is 102 cm³/mol. The van der Waals surface area contributed by atoms with Gasteiger partial charge in [0.25, 0.3) is 0 Å². The molecule has 0 bridgehead atoms. The lowest BCUT2D eigenvalue weighted by atomic mass is 10.2. The molecule has 1 aliphatic heterocycles. The highest BCUT2D eigenvalue weighted by molar-refractivity contribution is 5.82. The Morgan fingerprint density at radius 1 is 1.07 bits per heavy atom. The van der Waals surface area contributed by atoms with E-state index >= 15 is 0 Å². The minimum Gasteiger partial charge on any atom is -0.493 e. The molecule has 2 amide bonds. The molecule has 7 nitrogen and oxygen atoms in total. The van der Waals surface area contributed by atoms with E-state index in [9.17, 15) is 9.59 Å². The second kappa shape index (κ2) is 9.08. The minimum absolute atomic E-state index is 0.105. The standard InChI is InChI=1S/C20H29N3O4/c1-21(13-14-27-18-6-4-3-5-17(18)26-2)15-19(24)22-9-11-23(12-10-22)20(25)16-7-8-16/h3-6,16H,7-15H2,1-2H3. The summed E-state index contributed by atoms with van der Waals surface area (Å²) < 4.78 is 11.0. The average molecular weight is 375 g/mol. The van der Waals surface area contributed by atoms with Crippen LogP contribution in [0.2, 0.25) is 0 Å². The first-order valence-corrected chi connectivity index (χ1v) is 9.59. The molecule has 7 heteroatoms. The van der Waals surface area contributed by atoms with E-state index in [1.165, 1.54) is 0 Å². The van der Waals surface area contributed by atoms with Gasteiger partial charge < -0.3 is 19.3 Å². The maximum atomic E-state index is 12.5. The number of hydrogen-bond donors (Lipinski definition) is 0. The van der Waals surface area contributed by atoms with Crippen molar-refractivity contribution in [2.24, 2.45) is 5.92 Å². The number of rotatable bonds is 8. The van der Waals surface area contributed by atoms with Crippen LogP contribution < -0.4 is 9.47 Å². The number of hydrogen-bond acceptors (Lipinski definition) is 5. The second-order valence-electron chi connectivity index (χ2n) is 7.22. The maximum absolute atomic E-state index is 12.5. The first kappa shape index (κ1) is 19.5. The summed E-state index contributed by atoms with van der Waals surface area (Å²) in [6.45, 7) is 4.04. The summed E-state index contributed by atoms with van der Waals surface area (Å²) in [7, 11) is 3.53. The Balaban J connectivity index is 1.36. The third-order valence-electron chi connectivity index (χ3n) is 5.08. The number of carbonyl (C=O) groups is 2. The first-order valence-electron chi connectivity index (χ1n) is 9.59. The number of para-hydroxylation sites is 2. The van der Waals surface area contributed by atoms with Gasteiger partial charge in [-0.25, -0.2) is 0 Å². The summed E-state index contributed by atoms with van der Waals surface area (Å²) in [6.07, 6.45) is 2.05. The molecule has 0 aromatic heterocycles. The normalized spacial score (nSPS) is 17.1. The fourth-order valence-electron chi connectivity index (χ4n) is 3.22. The molecular weight excluding hydrogens is 346 g/mol. The molecule has 0 atom stereocenters. The van der Waals surface area contributed by atoms with Gasteiger partial charge in [0.2, 0.25) is 11.8 Å². The van der Waals surface area contributed by atoms with Crippen molar-refractivity contribution in [2.45, 2.75) is 12.8 Å². The number of piperazine rings is 1. The maximum Gasteiger partial charge on any atom is 0.236 e. The summed E-state index contributed by atoms with van der Waals surface area (Å²) >= 11 is 0. The van der Waals surface area contributed by atoms with E-state index in [2.05, 4.69) is 0 Å². The van der Waals surface area contributed by atoms with Crippen LogP contribution in [0.5, 0.6) is 11.5 Å². The fourth-order valence-corrected chi connectivity index (χ4v) is 3.22. The van der Waals surface area contributed by atoms with Crippen molar-refractivity contribution >= 4 is 11.8 Å². The molecule has 0 radical (unpaired) electrons. The smallest absolute Gasteiger partial charge is 0.236 e. The molecule has 2 aliphatic rings. The molecule has 1 heterocycles. The Morgan fingerprint density at radius 2 is 1.70 bits per heavy atom. The molecule has 148 valence electrons. The molecule has 2 fully saturated rings. The molecule has 1 aliphatic carbocycles. The van der Waals surface area contributed by atoms with Gasteiger partial charge in [-0.05, 0) is 32.0 Å². The van der Waals surface area contributed by atoms with Gasteiger partial charge in [0.05, 0.1) is 13.7 Å². The highest BCUT2D eigenvalue weighted by Gasteiger charge is 2.35. The van der Waals surface area contributed by atoms with E-state index < -0.39 is 0 Å². The summed E-state index contributed by atoms with van der Waals surface area (Å²) in [6, 6.07) is 7.52. The topological polar surface area (TPSA) is 62.3 Å². The van der Waals surface area contributed by atoms with Gasteiger partial charge >= 0.3 is 0 Å². The largest absolute Gasteiger partial charge is 0.493 e. The number of ether oxygens (including phenoxy) is 2. The second-order valence-corrected chi connectivity index (χ2v) is 7.22. The van der Waals surface area contributed by atoms with Crippen molar-refractivity contribution in [3.8, 4) is 11.5 Å². The van der Waals surface area contributed by atoms with Gasteiger partial charge in [0, 0.05) is 38.6 Å². The molecule has 27 heavy (non-hydrogen) atoms. The molecule has 1 aromatic carbocycles. The Hall–Kier alpha value is -2.28. The van der Waals surface area contributed by atoms with Gasteiger partial charge in [-0.2, -0.15) is 0 Å². The predicted octanol–water partition coefficient (Wildman–Crippen LogP) is 1.09. The van der Waals surface area contributed by atoms with Gasteiger partial charge in [0.15, 0.2) is 11.5 Å².